The number of aromatic nitrogens is 2. The summed E-state index contributed by atoms with van der Waals surface area (Å²) in [6, 6.07) is 16.7. The van der Waals surface area contributed by atoms with Crippen LogP contribution in [0.4, 0.5) is 17.3 Å². The second-order valence-electron chi connectivity index (χ2n) is 8.01. The van der Waals surface area contributed by atoms with Crippen molar-refractivity contribution in [2.24, 2.45) is 0 Å². The number of hydrogen-bond donors (Lipinski definition) is 2. The molecule has 0 saturated heterocycles. The van der Waals surface area contributed by atoms with Gasteiger partial charge in [-0.05, 0) is 79.9 Å². The second kappa shape index (κ2) is 10.3. The molecule has 10 nitrogen and oxygen atoms in total. The Morgan fingerprint density at radius 3 is 2.08 bits per heavy atom. The summed E-state index contributed by atoms with van der Waals surface area (Å²) in [6.45, 7) is 3.48. The molecule has 0 saturated carbocycles. The highest BCUT2D eigenvalue weighted by Gasteiger charge is 2.22. The molecule has 4 aromatic rings. The molecule has 0 aliphatic rings. The zero-order valence-electron chi connectivity index (χ0n) is 20.0. The zero-order valence-corrected chi connectivity index (χ0v) is 22.5. The van der Waals surface area contributed by atoms with Gasteiger partial charge in [-0.2, -0.15) is 0 Å². The first-order chi connectivity index (χ1) is 17.5. The van der Waals surface area contributed by atoms with Gasteiger partial charge in [0.25, 0.3) is 26.0 Å². The van der Waals surface area contributed by atoms with Crippen molar-refractivity contribution in [2.75, 3.05) is 21.4 Å². The van der Waals surface area contributed by atoms with Crippen LogP contribution in [0.25, 0.3) is 0 Å². The van der Waals surface area contributed by atoms with Crippen LogP contribution >= 0.6 is 11.3 Å². The van der Waals surface area contributed by atoms with Crippen molar-refractivity contribution in [3.63, 3.8) is 0 Å². The first-order valence-electron chi connectivity index (χ1n) is 10.8. The first-order valence-corrected chi connectivity index (χ1v) is 14.6. The van der Waals surface area contributed by atoms with E-state index in [0.29, 0.717) is 28.3 Å². The summed E-state index contributed by atoms with van der Waals surface area (Å²) in [7, 11) is -6.16. The number of thiophene rings is 1. The second-order valence-corrected chi connectivity index (χ2v) is 12.8. The van der Waals surface area contributed by atoms with Crippen LogP contribution in [0.15, 0.2) is 81.2 Å². The average molecular weight is 558 g/mol. The normalized spacial score (nSPS) is 11.6. The number of aryl methyl sites for hydroxylation is 2. The number of benzene rings is 2. The first kappa shape index (κ1) is 26.3. The molecule has 0 atom stereocenters. The molecule has 0 aliphatic carbocycles. The minimum Gasteiger partial charge on any atom is -0.322 e. The van der Waals surface area contributed by atoms with E-state index in [2.05, 4.69) is 20.0 Å². The molecule has 13 heteroatoms. The Hall–Kier alpha value is -3.81. The highest BCUT2D eigenvalue weighted by atomic mass is 32.2. The van der Waals surface area contributed by atoms with Gasteiger partial charge in [0.05, 0.1) is 10.6 Å². The Balaban J connectivity index is 1.43. The van der Waals surface area contributed by atoms with Gasteiger partial charge in [-0.15, -0.1) is 11.3 Å². The van der Waals surface area contributed by atoms with Crippen molar-refractivity contribution in [3.05, 3.63) is 89.1 Å². The molecule has 2 aromatic heterocycles. The van der Waals surface area contributed by atoms with Gasteiger partial charge < -0.3 is 5.32 Å². The maximum atomic E-state index is 12.7. The van der Waals surface area contributed by atoms with E-state index in [1.165, 1.54) is 61.6 Å². The molecule has 1 amide bonds. The standard InChI is InChI=1S/C24H23N5O5S3/c1-16-15-17(2)26-24(25-16)28-36(31,32)21-12-8-19(9-13-21)27-23(30)18-6-10-20(11-7-18)29(3)37(33,34)22-5-4-14-35-22/h4-15H,1-3H3,(H,27,30)(H,25,26,28). The van der Waals surface area contributed by atoms with Crippen molar-refractivity contribution < 1.29 is 21.6 Å². The Bertz CT molecular complexity index is 1620. The van der Waals surface area contributed by atoms with Crippen LogP contribution in [0, 0.1) is 13.8 Å². The number of carbonyl (C=O) groups excluding carboxylic acids is 1. The maximum Gasteiger partial charge on any atom is 0.273 e. The van der Waals surface area contributed by atoms with Gasteiger partial charge in [-0.25, -0.2) is 31.5 Å². The van der Waals surface area contributed by atoms with Gasteiger partial charge in [0.2, 0.25) is 5.95 Å². The Morgan fingerprint density at radius 1 is 0.892 bits per heavy atom. The Morgan fingerprint density at radius 2 is 1.51 bits per heavy atom. The van der Waals surface area contributed by atoms with Crippen molar-refractivity contribution in [1.29, 1.82) is 0 Å². The van der Waals surface area contributed by atoms with Crippen LogP contribution in [-0.2, 0) is 20.0 Å². The van der Waals surface area contributed by atoms with Crippen LogP contribution in [0.2, 0.25) is 0 Å². The lowest BCUT2D eigenvalue weighted by atomic mass is 10.2. The number of amides is 1. The summed E-state index contributed by atoms with van der Waals surface area (Å²) in [6.07, 6.45) is 0. The van der Waals surface area contributed by atoms with Gasteiger partial charge in [0.15, 0.2) is 0 Å². The lowest BCUT2D eigenvalue weighted by molar-refractivity contribution is 0.102. The number of anilines is 3. The fraction of sp³-hybridized carbons (Fsp3) is 0.125. The number of hydrogen-bond acceptors (Lipinski definition) is 8. The monoisotopic (exact) mass is 557 g/mol. The van der Waals surface area contributed by atoms with E-state index in [9.17, 15) is 21.6 Å². The summed E-state index contributed by atoms with van der Waals surface area (Å²) < 4.78 is 54.5. The molecule has 0 bridgehead atoms. The molecule has 0 unspecified atom stereocenters. The van der Waals surface area contributed by atoms with E-state index in [4.69, 9.17) is 0 Å². The third kappa shape index (κ3) is 5.96. The van der Waals surface area contributed by atoms with Crippen molar-refractivity contribution >= 4 is 54.6 Å². The lowest BCUT2D eigenvalue weighted by Crippen LogP contribution is -2.25. The molecule has 2 aromatic carbocycles. The molecule has 2 N–H and O–H groups in total. The zero-order chi connectivity index (χ0) is 26.8. The minimum atomic E-state index is -3.93. The van der Waals surface area contributed by atoms with Gasteiger partial charge in [-0.3, -0.25) is 9.10 Å². The van der Waals surface area contributed by atoms with Crippen molar-refractivity contribution in [3.8, 4) is 0 Å². The minimum absolute atomic E-state index is 0.0207. The summed E-state index contributed by atoms with van der Waals surface area (Å²) in [5.74, 6) is -0.458. The third-order valence-corrected chi connectivity index (χ3v) is 9.74. The van der Waals surface area contributed by atoms with Crippen LogP contribution in [0.5, 0.6) is 0 Å². The highest BCUT2D eigenvalue weighted by molar-refractivity contribution is 7.94. The summed E-state index contributed by atoms with van der Waals surface area (Å²) in [5, 5.41) is 4.38. The maximum absolute atomic E-state index is 12.7. The number of sulfonamides is 2. The molecular formula is C24H23N5O5S3. The van der Waals surface area contributed by atoms with Gasteiger partial charge in [0, 0.05) is 29.7 Å². The quantitative estimate of drug-likeness (QED) is 0.333. The van der Waals surface area contributed by atoms with E-state index in [1.54, 1.807) is 31.4 Å². The fourth-order valence-electron chi connectivity index (χ4n) is 3.38. The molecule has 37 heavy (non-hydrogen) atoms. The van der Waals surface area contributed by atoms with E-state index in [0.717, 1.165) is 15.6 Å². The number of nitrogens with one attached hydrogen (secondary N) is 2. The van der Waals surface area contributed by atoms with Crippen LogP contribution in [0.3, 0.4) is 0 Å². The van der Waals surface area contributed by atoms with Gasteiger partial charge in [0.1, 0.15) is 4.21 Å². The van der Waals surface area contributed by atoms with Crippen LogP contribution in [0.1, 0.15) is 21.7 Å². The molecule has 192 valence electrons. The number of carbonyl (C=O) groups is 1. The summed E-state index contributed by atoms with van der Waals surface area (Å²) in [4.78, 5) is 20.8. The predicted octanol–water partition coefficient (Wildman–Crippen LogP) is 4.03. The van der Waals surface area contributed by atoms with E-state index >= 15 is 0 Å². The predicted molar refractivity (Wildman–Crippen MR) is 143 cm³/mol. The SMILES string of the molecule is Cc1cc(C)nc(NS(=O)(=O)c2ccc(NC(=O)c3ccc(N(C)S(=O)(=O)c4cccs4)cc3)cc2)n1. The molecule has 0 fully saturated rings. The van der Waals surface area contributed by atoms with Gasteiger partial charge in [-0.1, -0.05) is 6.07 Å². The molecule has 0 radical (unpaired) electrons. The molecule has 4 rings (SSSR count). The van der Waals surface area contributed by atoms with Crippen molar-refractivity contribution in [2.45, 2.75) is 23.0 Å². The van der Waals surface area contributed by atoms with Gasteiger partial charge >= 0.3 is 0 Å². The molecule has 0 aliphatic heterocycles. The molecule has 2 heterocycles. The summed E-state index contributed by atoms with van der Waals surface area (Å²) in [5.41, 5.74) is 2.35. The lowest BCUT2D eigenvalue weighted by Gasteiger charge is -2.18. The van der Waals surface area contributed by atoms with Crippen LogP contribution in [-0.4, -0.2) is 39.8 Å². The largest absolute Gasteiger partial charge is 0.322 e. The topological polar surface area (TPSA) is 138 Å². The number of nitrogens with zero attached hydrogens (tertiary/aromatic N) is 3. The Labute approximate surface area is 219 Å². The highest BCUT2D eigenvalue weighted by Crippen LogP contribution is 2.25. The molecule has 0 spiro atoms. The molecular weight excluding hydrogens is 534 g/mol. The van der Waals surface area contributed by atoms with E-state index in [-0.39, 0.29) is 15.1 Å². The average Bonchev–Trinajstić information content (AvgIpc) is 3.39. The Kier molecular flexibility index (Phi) is 7.30. The van der Waals surface area contributed by atoms with E-state index in [1.807, 2.05) is 0 Å². The summed E-state index contributed by atoms with van der Waals surface area (Å²) >= 11 is 1.12. The smallest absolute Gasteiger partial charge is 0.273 e. The van der Waals surface area contributed by atoms with Crippen molar-refractivity contribution in [1.82, 2.24) is 9.97 Å². The van der Waals surface area contributed by atoms with Crippen LogP contribution < -0.4 is 14.3 Å². The third-order valence-electron chi connectivity index (χ3n) is 5.23. The number of rotatable bonds is 8. The van der Waals surface area contributed by atoms with E-state index < -0.39 is 26.0 Å². The fourth-order valence-corrected chi connectivity index (χ4v) is 6.68.